The summed E-state index contributed by atoms with van der Waals surface area (Å²) in [6, 6.07) is 10.9. The molecule has 186 valence electrons. The first-order valence-corrected chi connectivity index (χ1v) is 13.5. The van der Waals surface area contributed by atoms with Gasteiger partial charge in [-0.05, 0) is 61.9 Å². The lowest BCUT2D eigenvalue weighted by Crippen LogP contribution is -2.33. The van der Waals surface area contributed by atoms with Crippen molar-refractivity contribution < 1.29 is 22.0 Å². The Balaban J connectivity index is 1.52. The molecular weight excluding hydrogens is 460 g/mol. The van der Waals surface area contributed by atoms with Crippen LogP contribution < -0.4 is 14.5 Å². The van der Waals surface area contributed by atoms with E-state index in [0.29, 0.717) is 0 Å². The van der Waals surface area contributed by atoms with Crippen LogP contribution in [0.15, 0.2) is 42.5 Å². The van der Waals surface area contributed by atoms with Crippen LogP contribution in [0.25, 0.3) is 0 Å². The number of benzene rings is 2. The molecule has 1 atom stereocenters. The molecule has 6 nitrogen and oxygen atoms in total. The van der Waals surface area contributed by atoms with Gasteiger partial charge >= 0.3 is 0 Å². The smallest absolute Gasteiger partial charge is 0.232 e. The number of nitrogens with one attached hydrogen (secondary N) is 1. The zero-order chi connectivity index (χ0) is 24.9. The van der Waals surface area contributed by atoms with E-state index in [1.807, 2.05) is 19.1 Å². The van der Waals surface area contributed by atoms with Gasteiger partial charge in [-0.3, -0.25) is 9.10 Å². The van der Waals surface area contributed by atoms with Gasteiger partial charge in [-0.1, -0.05) is 19.1 Å². The molecule has 1 saturated heterocycles. The van der Waals surface area contributed by atoms with Crippen LogP contribution in [0, 0.1) is 17.6 Å². The summed E-state index contributed by atoms with van der Waals surface area (Å²) in [7, 11) is -3.72. The second kappa shape index (κ2) is 11.2. The molecule has 0 spiro atoms. The van der Waals surface area contributed by atoms with Gasteiger partial charge in [-0.25, -0.2) is 17.2 Å². The summed E-state index contributed by atoms with van der Waals surface area (Å²) >= 11 is 0. The molecule has 1 aliphatic heterocycles. The summed E-state index contributed by atoms with van der Waals surface area (Å²) in [5.74, 6) is -1.62. The Morgan fingerprint density at radius 3 is 2.35 bits per heavy atom. The van der Waals surface area contributed by atoms with Crippen molar-refractivity contribution in [2.24, 2.45) is 5.92 Å². The van der Waals surface area contributed by atoms with Crippen molar-refractivity contribution in [2.45, 2.75) is 45.6 Å². The third-order valence-electron chi connectivity index (χ3n) is 6.28. The van der Waals surface area contributed by atoms with Crippen LogP contribution in [0.2, 0.25) is 0 Å². The SMILES string of the molecule is CC1CCN(c2ccc([C@H](C)NC(=O)CCCN(c3ccc(F)c(F)c3)S(C)(=O)=O)cc2)CC1. The van der Waals surface area contributed by atoms with E-state index in [1.165, 1.54) is 24.6 Å². The van der Waals surface area contributed by atoms with Crippen molar-refractivity contribution >= 4 is 27.3 Å². The molecule has 0 aliphatic carbocycles. The molecule has 1 N–H and O–H groups in total. The van der Waals surface area contributed by atoms with Crippen molar-refractivity contribution in [3.05, 3.63) is 59.7 Å². The molecule has 1 aliphatic rings. The molecule has 1 amide bonds. The van der Waals surface area contributed by atoms with Crippen LogP contribution in [0.4, 0.5) is 20.2 Å². The monoisotopic (exact) mass is 493 g/mol. The number of nitrogens with zero attached hydrogens (tertiary/aromatic N) is 2. The van der Waals surface area contributed by atoms with Crippen molar-refractivity contribution in [1.82, 2.24) is 5.32 Å². The molecule has 0 aromatic heterocycles. The average molecular weight is 494 g/mol. The summed E-state index contributed by atoms with van der Waals surface area (Å²) in [4.78, 5) is 14.8. The summed E-state index contributed by atoms with van der Waals surface area (Å²) in [6.45, 7) is 6.28. The van der Waals surface area contributed by atoms with Crippen molar-refractivity contribution in [3.63, 3.8) is 0 Å². The van der Waals surface area contributed by atoms with Gasteiger partial charge in [0, 0.05) is 37.8 Å². The molecule has 34 heavy (non-hydrogen) atoms. The normalized spacial score (nSPS) is 15.7. The lowest BCUT2D eigenvalue weighted by molar-refractivity contribution is -0.121. The molecule has 0 radical (unpaired) electrons. The quantitative estimate of drug-likeness (QED) is 0.553. The second-order valence-corrected chi connectivity index (χ2v) is 11.0. The van der Waals surface area contributed by atoms with E-state index in [4.69, 9.17) is 0 Å². The molecule has 0 unspecified atom stereocenters. The maximum absolute atomic E-state index is 13.6. The molecule has 2 aromatic carbocycles. The van der Waals surface area contributed by atoms with E-state index in [-0.39, 0.29) is 37.0 Å². The molecule has 3 rings (SSSR count). The fourth-order valence-electron chi connectivity index (χ4n) is 4.15. The number of halogens is 2. The number of anilines is 2. The highest BCUT2D eigenvalue weighted by atomic mass is 32.2. The standard InChI is InChI=1S/C25H33F2N3O3S/c1-18-12-15-29(16-13-18)21-8-6-20(7-9-21)19(2)28-25(31)5-4-14-30(34(3,32)33)22-10-11-23(26)24(27)17-22/h6-11,17-19H,4-5,12-16H2,1-3H3,(H,28,31)/t19-/m0/s1. The molecule has 9 heteroatoms. The molecule has 0 saturated carbocycles. The van der Waals surface area contributed by atoms with Crippen molar-refractivity contribution in [3.8, 4) is 0 Å². The first kappa shape index (κ1) is 25.9. The van der Waals surface area contributed by atoms with E-state index in [0.717, 1.165) is 47.3 Å². The van der Waals surface area contributed by atoms with E-state index in [2.05, 4.69) is 29.3 Å². The Hall–Kier alpha value is -2.68. The number of carbonyl (C=O) groups is 1. The number of amides is 1. The van der Waals surface area contributed by atoms with E-state index >= 15 is 0 Å². The predicted molar refractivity (Wildman–Crippen MR) is 131 cm³/mol. The van der Waals surface area contributed by atoms with E-state index < -0.39 is 21.7 Å². The van der Waals surface area contributed by atoms with Crippen LogP contribution in [-0.4, -0.2) is 40.2 Å². The Bertz CT molecular complexity index is 1090. The van der Waals surface area contributed by atoms with Gasteiger partial charge in [0.15, 0.2) is 11.6 Å². The summed E-state index contributed by atoms with van der Waals surface area (Å²) in [5.41, 5.74) is 2.20. The molecule has 2 aromatic rings. The zero-order valence-electron chi connectivity index (χ0n) is 19.9. The first-order valence-electron chi connectivity index (χ1n) is 11.6. The third-order valence-corrected chi connectivity index (χ3v) is 7.47. The van der Waals surface area contributed by atoms with Gasteiger partial charge in [0.1, 0.15) is 0 Å². The van der Waals surface area contributed by atoms with Gasteiger partial charge in [0.2, 0.25) is 15.9 Å². The maximum Gasteiger partial charge on any atom is 0.232 e. The number of rotatable bonds is 9. The topological polar surface area (TPSA) is 69.7 Å². The number of hydrogen-bond donors (Lipinski definition) is 1. The average Bonchev–Trinajstić information content (AvgIpc) is 2.78. The van der Waals surface area contributed by atoms with Crippen LogP contribution in [-0.2, 0) is 14.8 Å². The fourth-order valence-corrected chi connectivity index (χ4v) is 5.10. The number of carbonyl (C=O) groups excluding carboxylic acids is 1. The van der Waals surface area contributed by atoms with Crippen molar-refractivity contribution in [1.29, 1.82) is 0 Å². The zero-order valence-corrected chi connectivity index (χ0v) is 20.7. The van der Waals surface area contributed by atoms with Gasteiger partial charge in [0.05, 0.1) is 18.0 Å². The largest absolute Gasteiger partial charge is 0.372 e. The highest BCUT2D eigenvalue weighted by Gasteiger charge is 2.20. The Morgan fingerprint density at radius 1 is 1.12 bits per heavy atom. The van der Waals surface area contributed by atoms with Crippen LogP contribution in [0.5, 0.6) is 0 Å². The third kappa shape index (κ3) is 6.91. The van der Waals surface area contributed by atoms with Crippen molar-refractivity contribution in [2.75, 3.05) is 35.1 Å². The number of piperidine rings is 1. The lowest BCUT2D eigenvalue weighted by atomic mass is 9.98. The Labute approximate surface area is 201 Å². The maximum atomic E-state index is 13.6. The molecule has 1 heterocycles. The summed E-state index contributed by atoms with van der Waals surface area (Å²) in [6.07, 6.45) is 3.72. The molecule has 0 bridgehead atoms. The van der Waals surface area contributed by atoms with Crippen LogP contribution >= 0.6 is 0 Å². The van der Waals surface area contributed by atoms with Gasteiger partial charge in [0.25, 0.3) is 0 Å². The minimum atomic E-state index is -3.72. The fraction of sp³-hybridized carbons (Fsp3) is 0.480. The van der Waals surface area contributed by atoms with E-state index in [1.54, 1.807) is 0 Å². The van der Waals surface area contributed by atoms with Crippen LogP contribution in [0.1, 0.15) is 51.1 Å². The lowest BCUT2D eigenvalue weighted by Gasteiger charge is -2.32. The Kier molecular flexibility index (Phi) is 8.52. The van der Waals surface area contributed by atoms with Gasteiger partial charge in [-0.2, -0.15) is 0 Å². The highest BCUT2D eigenvalue weighted by Crippen LogP contribution is 2.25. The minimum Gasteiger partial charge on any atom is -0.372 e. The number of sulfonamides is 1. The van der Waals surface area contributed by atoms with E-state index in [9.17, 15) is 22.0 Å². The summed E-state index contributed by atoms with van der Waals surface area (Å²) < 4.78 is 52.0. The second-order valence-electron chi connectivity index (χ2n) is 9.09. The van der Waals surface area contributed by atoms with Crippen LogP contribution in [0.3, 0.4) is 0 Å². The number of hydrogen-bond acceptors (Lipinski definition) is 4. The summed E-state index contributed by atoms with van der Waals surface area (Å²) in [5, 5.41) is 2.94. The highest BCUT2D eigenvalue weighted by molar-refractivity contribution is 7.92. The van der Waals surface area contributed by atoms with Gasteiger partial charge < -0.3 is 10.2 Å². The first-order chi connectivity index (χ1) is 16.0. The Morgan fingerprint density at radius 2 is 1.76 bits per heavy atom. The van der Waals surface area contributed by atoms with Gasteiger partial charge in [-0.15, -0.1) is 0 Å². The molecule has 1 fully saturated rings. The molecular formula is C25H33F2N3O3S. The predicted octanol–water partition coefficient (Wildman–Crippen LogP) is 4.62. The minimum absolute atomic E-state index is 0.0190.